The molecule has 4 nitrogen and oxygen atoms in total. The van der Waals surface area contributed by atoms with Crippen molar-refractivity contribution in [1.82, 2.24) is 5.32 Å². The van der Waals surface area contributed by atoms with Crippen LogP contribution in [-0.4, -0.2) is 17.6 Å². The van der Waals surface area contributed by atoms with Gasteiger partial charge in [-0.1, -0.05) is 0 Å². The van der Waals surface area contributed by atoms with Crippen LogP contribution in [0.3, 0.4) is 0 Å². The van der Waals surface area contributed by atoms with E-state index in [4.69, 9.17) is 9.52 Å². The lowest BCUT2D eigenvalue weighted by Gasteiger charge is -2.18. The Kier molecular flexibility index (Phi) is 2.70. The summed E-state index contributed by atoms with van der Waals surface area (Å²) < 4.78 is 5.31. The summed E-state index contributed by atoms with van der Waals surface area (Å²) in [6.07, 6.45) is 5.46. The molecule has 0 spiro atoms. The SMILES string of the molecule is CC(NCC1(C2CC2)CC1)c1ccc(C(=O)O)o1. The van der Waals surface area contributed by atoms with Crippen LogP contribution in [0.4, 0.5) is 0 Å². The molecule has 4 heteroatoms. The monoisotopic (exact) mass is 249 g/mol. The summed E-state index contributed by atoms with van der Waals surface area (Å²) in [5.41, 5.74) is 0.552. The molecule has 1 heterocycles. The fourth-order valence-electron chi connectivity index (χ4n) is 2.74. The molecule has 0 aromatic carbocycles. The Morgan fingerprint density at radius 1 is 1.56 bits per heavy atom. The van der Waals surface area contributed by atoms with Crippen molar-refractivity contribution in [3.8, 4) is 0 Å². The van der Waals surface area contributed by atoms with Crippen molar-refractivity contribution in [3.63, 3.8) is 0 Å². The van der Waals surface area contributed by atoms with Gasteiger partial charge in [0.25, 0.3) is 0 Å². The minimum atomic E-state index is -1.01. The highest BCUT2D eigenvalue weighted by molar-refractivity contribution is 5.84. The molecule has 0 bridgehead atoms. The zero-order chi connectivity index (χ0) is 12.8. The minimum Gasteiger partial charge on any atom is -0.475 e. The first kappa shape index (κ1) is 11.8. The third-order valence-corrected chi connectivity index (χ3v) is 4.36. The van der Waals surface area contributed by atoms with E-state index in [1.165, 1.54) is 31.7 Å². The quantitative estimate of drug-likeness (QED) is 0.813. The van der Waals surface area contributed by atoms with Gasteiger partial charge in [0.1, 0.15) is 5.76 Å². The molecule has 1 atom stereocenters. The molecule has 2 aliphatic rings. The first-order valence-corrected chi connectivity index (χ1v) is 6.67. The summed E-state index contributed by atoms with van der Waals surface area (Å²) in [5.74, 6) is 0.648. The summed E-state index contributed by atoms with van der Waals surface area (Å²) in [4.78, 5) is 10.7. The summed E-state index contributed by atoms with van der Waals surface area (Å²) >= 11 is 0. The zero-order valence-corrected chi connectivity index (χ0v) is 10.6. The lowest BCUT2D eigenvalue weighted by Crippen LogP contribution is -2.27. The highest BCUT2D eigenvalue weighted by atomic mass is 16.4. The Labute approximate surface area is 106 Å². The molecule has 2 aliphatic carbocycles. The van der Waals surface area contributed by atoms with Crippen molar-refractivity contribution in [1.29, 1.82) is 0 Å². The highest BCUT2D eigenvalue weighted by Crippen LogP contribution is 2.60. The number of hydrogen-bond acceptors (Lipinski definition) is 3. The molecule has 18 heavy (non-hydrogen) atoms. The van der Waals surface area contributed by atoms with Crippen LogP contribution in [0, 0.1) is 11.3 Å². The van der Waals surface area contributed by atoms with E-state index in [1.807, 2.05) is 6.92 Å². The van der Waals surface area contributed by atoms with Crippen LogP contribution in [0.1, 0.15) is 55.0 Å². The van der Waals surface area contributed by atoms with Crippen molar-refractivity contribution in [2.75, 3.05) is 6.54 Å². The van der Waals surface area contributed by atoms with Crippen LogP contribution in [0.2, 0.25) is 0 Å². The largest absolute Gasteiger partial charge is 0.475 e. The van der Waals surface area contributed by atoms with E-state index in [0.29, 0.717) is 11.2 Å². The second-order valence-electron chi connectivity index (χ2n) is 5.75. The molecule has 98 valence electrons. The Bertz CT molecular complexity index is 457. The molecule has 0 radical (unpaired) electrons. The van der Waals surface area contributed by atoms with E-state index < -0.39 is 5.97 Å². The molecular weight excluding hydrogens is 230 g/mol. The van der Waals surface area contributed by atoms with Crippen molar-refractivity contribution in [3.05, 3.63) is 23.7 Å². The number of hydrogen-bond donors (Lipinski definition) is 2. The highest BCUT2D eigenvalue weighted by Gasteiger charge is 2.53. The van der Waals surface area contributed by atoms with Crippen molar-refractivity contribution >= 4 is 5.97 Å². The lowest BCUT2D eigenvalue weighted by atomic mass is 10.0. The van der Waals surface area contributed by atoms with E-state index in [1.54, 1.807) is 6.07 Å². The molecule has 1 aromatic heterocycles. The summed E-state index contributed by atoms with van der Waals surface area (Å²) in [5, 5.41) is 12.3. The Morgan fingerprint density at radius 2 is 2.28 bits per heavy atom. The van der Waals surface area contributed by atoms with Gasteiger partial charge in [-0.15, -0.1) is 0 Å². The number of nitrogens with one attached hydrogen (secondary N) is 1. The smallest absolute Gasteiger partial charge is 0.371 e. The van der Waals surface area contributed by atoms with Crippen LogP contribution in [0.5, 0.6) is 0 Å². The molecule has 2 saturated carbocycles. The molecule has 0 saturated heterocycles. The Balaban J connectivity index is 1.57. The van der Waals surface area contributed by atoms with Crippen LogP contribution in [0.25, 0.3) is 0 Å². The lowest BCUT2D eigenvalue weighted by molar-refractivity contribution is 0.0659. The molecule has 3 rings (SSSR count). The number of rotatable bonds is 6. The zero-order valence-electron chi connectivity index (χ0n) is 10.6. The number of carboxylic acid groups (broad SMARTS) is 1. The Morgan fingerprint density at radius 3 is 2.78 bits per heavy atom. The number of carbonyl (C=O) groups is 1. The van der Waals surface area contributed by atoms with Gasteiger partial charge in [0.15, 0.2) is 0 Å². The second kappa shape index (κ2) is 4.12. The van der Waals surface area contributed by atoms with Crippen LogP contribution < -0.4 is 5.32 Å². The van der Waals surface area contributed by atoms with Gasteiger partial charge in [0.2, 0.25) is 5.76 Å². The van der Waals surface area contributed by atoms with Crippen LogP contribution in [-0.2, 0) is 0 Å². The number of furan rings is 1. The van der Waals surface area contributed by atoms with Gasteiger partial charge < -0.3 is 14.8 Å². The minimum absolute atomic E-state index is 0.0157. The van der Waals surface area contributed by atoms with E-state index in [9.17, 15) is 4.79 Å². The average molecular weight is 249 g/mol. The standard InChI is InChI=1S/C14H19NO3/c1-9(11-4-5-12(18-11)13(16)17)15-8-14(6-7-14)10-2-3-10/h4-5,9-10,15H,2-3,6-8H2,1H3,(H,16,17). The molecule has 0 amide bonds. The van der Waals surface area contributed by atoms with E-state index in [0.717, 1.165) is 12.5 Å². The topological polar surface area (TPSA) is 62.5 Å². The Hall–Kier alpha value is -1.29. The maximum atomic E-state index is 10.7. The number of aromatic carboxylic acids is 1. The van der Waals surface area contributed by atoms with E-state index in [-0.39, 0.29) is 11.8 Å². The average Bonchev–Trinajstić information content (AvgIpc) is 3.23. The molecule has 0 aliphatic heterocycles. The van der Waals surface area contributed by atoms with Gasteiger partial charge in [-0.25, -0.2) is 4.79 Å². The maximum absolute atomic E-state index is 10.7. The van der Waals surface area contributed by atoms with Crippen LogP contribution in [0.15, 0.2) is 16.5 Å². The van der Waals surface area contributed by atoms with Gasteiger partial charge in [-0.05, 0) is 56.1 Å². The van der Waals surface area contributed by atoms with E-state index in [2.05, 4.69) is 5.32 Å². The van der Waals surface area contributed by atoms with E-state index >= 15 is 0 Å². The molecule has 2 fully saturated rings. The fraction of sp³-hybridized carbons (Fsp3) is 0.643. The normalized spacial score (nSPS) is 22.7. The first-order valence-electron chi connectivity index (χ1n) is 6.67. The molecule has 1 aromatic rings. The van der Waals surface area contributed by atoms with Gasteiger partial charge in [-0.3, -0.25) is 0 Å². The van der Waals surface area contributed by atoms with Gasteiger partial charge >= 0.3 is 5.97 Å². The van der Waals surface area contributed by atoms with Gasteiger partial charge in [-0.2, -0.15) is 0 Å². The predicted molar refractivity (Wildman–Crippen MR) is 66.5 cm³/mol. The predicted octanol–water partition coefficient (Wildman–Crippen LogP) is 2.82. The van der Waals surface area contributed by atoms with Crippen molar-refractivity contribution in [2.45, 2.75) is 38.6 Å². The first-order chi connectivity index (χ1) is 8.61. The summed E-state index contributed by atoms with van der Waals surface area (Å²) in [7, 11) is 0. The summed E-state index contributed by atoms with van der Waals surface area (Å²) in [6, 6.07) is 3.34. The third-order valence-electron chi connectivity index (χ3n) is 4.36. The van der Waals surface area contributed by atoms with Crippen molar-refractivity contribution in [2.24, 2.45) is 11.3 Å². The number of carboxylic acids is 1. The third kappa shape index (κ3) is 2.17. The molecular formula is C14H19NO3. The van der Waals surface area contributed by atoms with Crippen LogP contribution >= 0.6 is 0 Å². The molecule has 1 unspecified atom stereocenters. The maximum Gasteiger partial charge on any atom is 0.371 e. The molecule has 2 N–H and O–H groups in total. The summed E-state index contributed by atoms with van der Waals surface area (Å²) in [6.45, 7) is 3.05. The second-order valence-corrected chi connectivity index (χ2v) is 5.75. The van der Waals surface area contributed by atoms with Gasteiger partial charge in [0, 0.05) is 6.54 Å². The van der Waals surface area contributed by atoms with Crippen molar-refractivity contribution < 1.29 is 14.3 Å². The van der Waals surface area contributed by atoms with Gasteiger partial charge in [0.05, 0.1) is 6.04 Å². The fourth-order valence-corrected chi connectivity index (χ4v) is 2.74.